The zero-order chi connectivity index (χ0) is 3.54. The summed E-state index contributed by atoms with van der Waals surface area (Å²) in [5.41, 5.74) is 0. The van der Waals surface area contributed by atoms with Gasteiger partial charge < -0.3 is 0 Å². The van der Waals surface area contributed by atoms with Crippen molar-refractivity contribution in [2.75, 3.05) is 0 Å². The van der Waals surface area contributed by atoms with Crippen LogP contribution in [-0.2, 0) is 16.5 Å². The van der Waals surface area contributed by atoms with Gasteiger partial charge in [-0.2, -0.15) is 5.10 Å². The summed E-state index contributed by atoms with van der Waals surface area (Å²) in [6, 6.07) is 1.83. The first-order valence-electron chi connectivity index (χ1n) is 1.44. The summed E-state index contributed by atoms with van der Waals surface area (Å²) in [5.74, 6) is 0. The van der Waals surface area contributed by atoms with E-state index in [-0.39, 0.29) is 16.5 Å². The predicted octanol–water partition coefficient (Wildman–Crippen LogP) is 0.407. The molecule has 0 aromatic carbocycles. The van der Waals surface area contributed by atoms with Crippen LogP contribution in [0.2, 0.25) is 0 Å². The van der Waals surface area contributed by atoms with Gasteiger partial charge in [0.2, 0.25) is 0 Å². The largest absolute Gasteiger partial charge is 0.286 e. The fourth-order valence-electron chi connectivity index (χ4n) is 0.215. The molecule has 0 bridgehead atoms. The van der Waals surface area contributed by atoms with Crippen molar-refractivity contribution in [3.8, 4) is 0 Å². The molecule has 1 rings (SSSR count). The number of hydrogen-bond acceptors (Lipinski definition) is 1. The fraction of sp³-hybridized carbons (Fsp3) is 0. The van der Waals surface area contributed by atoms with Crippen LogP contribution >= 0.6 is 0 Å². The first-order chi connectivity index (χ1) is 2.50. The SMILES string of the molecule is [Ni].c1cn[nH]c1. The van der Waals surface area contributed by atoms with E-state index >= 15 is 0 Å². The Labute approximate surface area is 45.9 Å². The molecule has 0 aliphatic heterocycles. The van der Waals surface area contributed by atoms with E-state index in [0.29, 0.717) is 0 Å². The minimum atomic E-state index is 0. The normalized spacial score (nSPS) is 6.67. The van der Waals surface area contributed by atoms with Crippen molar-refractivity contribution in [2.24, 2.45) is 0 Å². The van der Waals surface area contributed by atoms with Crippen LogP contribution in [0.5, 0.6) is 0 Å². The number of H-pyrrole nitrogens is 1. The van der Waals surface area contributed by atoms with Crippen LogP contribution in [-0.4, -0.2) is 10.2 Å². The molecule has 1 aromatic rings. The molecule has 0 fully saturated rings. The third kappa shape index (κ3) is 1.22. The molecule has 36 valence electrons. The standard InChI is InChI=1S/C3H4N2.Ni/c1-2-4-5-3-1;/h1-3H,(H,4,5);. The van der Waals surface area contributed by atoms with Crippen LogP contribution < -0.4 is 0 Å². The molecule has 3 heteroatoms. The number of nitrogens with zero attached hydrogens (tertiary/aromatic N) is 1. The monoisotopic (exact) mass is 126 g/mol. The average Bonchev–Trinajstić information content (AvgIpc) is 1.76. The number of hydrogen-bond donors (Lipinski definition) is 1. The molecule has 0 aliphatic carbocycles. The fourth-order valence-corrected chi connectivity index (χ4v) is 0.215. The summed E-state index contributed by atoms with van der Waals surface area (Å²) in [6.45, 7) is 0. The summed E-state index contributed by atoms with van der Waals surface area (Å²) in [4.78, 5) is 0. The summed E-state index contributed by atoms with van der Waals surface area (Å²) in [7, 11) is 0. The topological polar surface area (TPSA) is 28.7 Å². The molecular weight excluding hydrogens is 123 g/mol. The van der Waals surface area contributed by atoms with E-state index < -0.39 is 0 Å². The molecule has 0 spiro atoms. The van der Waals surface area contributed by atoms with Gasteiger partial charge in [-0.05, 0) is 6.07 Å². The van der Waals surface area contributed by atoms with Crippen molar-refractivity contribution in [3.05, 3.63) is 18.5 Å². The first-order valence-corrected chi connectivity index (χ1v) is 1.44. The molecule has 1 N–H and O–H groups in total. The van der Waals surface area contributed by atoms with Crippen LogP contribution in [0.25, 0.3) is 0 Å². The van der Waals surface area contributed by atoms with E-state index in [1.807, 2.05) is 6.07 Å². The Hall–Kier alpha value is -0.296. The van der Waals surface area contributed by atoms with E-state index in [9.17, 15) is 0 Å². The second-order valence-corrected chi connectivity index (χ2v) is 0.766. The molecule has 6 heavy (non-hydrogen) atoms. The molecule has 0 unspecified atom stereocenters. The summed E-state index contributed by atoms with van der Waals surface area (Å²) >= 11 is 0. The van der Waals surface area contributed by atoms with Gasteiger partial charge in [0.25, 0.3) is 0 Å². The Balaban J connectivity index is 0.000000250. The Bertz CT molecular complexity index is 65.3. The second-order valence-electron chi connectivity index (χ2n) is 0.766. The van der Waals surface area contributed by atoms with Crippen LogP contribution in [0.3, 0.4) is 0 Å². The van der Waals surface area contributed by atoms with Crippen LogP contribution in [0.15, 0.2) is 18.5 Å². The molecule has 0 radical (unpaired) electrons. The number of rotatable bonds is 0. The Kier molecular flexibility index (Phi) is 2.77. The summed E-state index contributed by atoms with van der Waals surface area (Å²) in [5, 5.41) is 6.21. The third-order valence-electron chi connectivity index (χ3n) is 0.406. The van der Waals surface area contributed by atoms with E-state index in [0.717, 1.165) is 0 Å². The van der Waals surface area contributed by atoms with Gasteiger partial charge in [0.05, 0.1) is 0 Å². The number of aromatic nitrogens is 2. The van der Waals surface area contributed by atoms with Gasteiger partial charge in [-0.25, -0.2) is 0 Å². The third-order valence-corrected chi connectivity index (χ3v) is 0.406. The molecule has 0 saturated carbocycles. The quantitative estimate of drug-likeness (QED) is 0.502. The number of aromatic amines is 1. The van der Waals surface area contributed by atoms with E-state index in [2.05, 4.69) is 10.2 Å². The molecular formula is C3H4N2Ni. The second kappa shape index (κ2) is 2.92. The van der Waals surface area contributed by atoms with Gasteiger partial charge in [-0.3, -0.25) is 5.10 Å². The van der Waals surface area contributed by atoms with Crippen LogP contribution in [0.1, 0.15) is 0 Å². The predicted molar refractivity (Wildman–Crippen MR) is 18.6 cm³/mol. The smallest absolute Gasteiger partial charge is 0.0487 e. The van der Waals surface area contributed by atoms with Crippen LogP contribution in [0.4, 0.5) is 0 Å². The van der Waals surface area contributed by atoms with Crippen molar-refractivity contribution in [3.63, 3.8) is 0 Å². The molecule has 0 atom stereocenters. The maximum atomic E-state index is 3.60. The first kappa shape index (κ1) is 5.70. The van der Waals surface area contributed by atoms with Crippen LogP contribution in [0, 0.1) is 0 Å². The summed E-state index contributed by atoms with van der Waals surface area (Å²) in [6.07, 6.45) is 3.46. The zero-order valence-electron chi connectivity index (χ0n) is 3.00. The van der Waals surface area contributed by atoms with Crippen molar-refractivity contribution >= 4 is 0 Å². The van der Waals surface area contributed by atoms with Crippen molar-refractivity contribution in [1.82, 2.24) is 10.2 Å². The molecule has 0 saturated heterocycles. The van der Waals surface area contributed by atoms with Gasteiger partial charge in [-0.15, -0.1) is 0 Å². The minimum absolute atomic E-state index is 0. The Morgan fingerprint density at radius 1 is 1.50 bits per heavy atom. The van der Waals surface area contributed by atoms with Gasteiger partial charge in [0.15, 0.2) is 0 Å². The van der Waals surface area contributed by atoms with Crippen molar-refractivity contribution < 1.29 is 16.5 Å². The van der Waals surface area contributed by atoms with E-state index in [1.54, 1.807) is 12.4 Å². The Morgan fingerprint density at radius 3 is 2.50 bits per heavy atom. The van der Waals surface area contributed by atoms with Crippen molar-refractivity contribution in [1.29, 1.82) is 0 Å². The van der Waals surface area contributed by atoms with Gasteiger partial charge in [0, 0.05) is 28.9 Å². The maximum absolute atomic E-state index is 3.60. The van der Waals surface area contributed by atoms with E-state index in [4.69, 9.17) is 0 Å². The maximum Gasteiger partial charge on any atom is 0.0487 e. The minimum Gasteiger partial charge on any atom is -0.286 e. The van der Waals surface area contributed by atoms with Gasteiger partial charge in [-0.1, -0.05) is 0 Å². The van der Waals surface area contributed by atoms with Crippen molar-refractivity contribution in [2.45, 2.75) is 0 Å². The molecule has 1 heterocycles. The molecule has 1 aromatic heterocycles. The molecule has 2 nitrogen and oxygen atoms in total. The van der Waals surface area contributed by atoms with Gasteiger partial charge in [0.1, 0.15) is 0 Å². The van der Waals surface area contributed by atoms with E-state index in [1.165, 1.54) is 0 Å². The molecule has 0 aliphatic rings. The molecule has 0 amide bonds. The zero-order valence-corrected chi connectivity index (χ0v) is 3.98. The Morgan fingerprint density at radius 2 is 2.33 bits per heavy atom. The number of nitrogens with one attached hydrogen (secondary N) is 1. The average molecular weight is 127 g/mol. The van der Waals surface area contributed by atoms with Gasteiger partial charge >= 0.3 is 0 Å². The summed E-state index contributed by atoms with van der Waals surface area (Å²) < 4.78 is 0.